The summed E-state index contributed by atoms with van der Waals surface area (Å²) >= 11 is 0. The Labute approximate surface area is 196 Å². The van der Waals surface area contributed by atoms with E-state index in [0.717, 1.165) is 6.42 Å². The van der Waals surface area contributed by atoms with Crippen LogP contribution in [0.15, 0.2) is 30.3 Å². The van der Waals surface area contributed by atoms with Crippen LogP contribution in [0.4, 0.5) is 0 Å². The van der Waals surface area contributed by atoms with Crippen molar-refractivity contribution in [2.45, 2.75) is 85.1 Å². The van der Waals surface area contributed by atoms with Crippen molar-refractivity contribution >= 4 is 0 Å². The molecule has 0 fully saturated rings. The van der Waals surface area contributed by atoms with Crippen molar-refractivity contribution in [1.82, 2.24) is 0 Å². The van der Waals surface area contributed by atoms with Gasteiger partial charge in [-0.1, -0.05) is 97.1 Å². The van der Waals surface area contributed by atoms with Crippen molar-refractivity contribution in [3.8, 4) is 11.1 Å². The predicted octanol–water partition coefficient (Wildman–Crippen LogP) is 8.39. The van der Waals surface area contributed by atoms with Crippen molar-refractivity contribution in [1.29, 1.82) is 0 Å². The zero-order valence-corrected chi connectivity index (χ0v) is 22.2. The molecule has 3 rings (SSSR count). The van der Waals surface area contributed by atoms with Crippen LogP contribution in [0.3, 0.4) is 0 Å². The van der Waals surface area contributed by atoms with Gasteiger partial charge in [-0.05, 0) is 17.4 Å². The van der Waals surface area contributed by atoms with Crippen LogP contribution in [-0.2, 0) is 39.0 Å². The van der Waals surface area contributed by atoms with Gasteiger partial charge >= 0.3 is 21.7 Å². The zero-order chi connectivity index (χ0) is 19.9. The Morgan fingerprint density at radius 1 is 0.759 bits per heavy atom. The smallest absolute Gasteiger partial charge is 0.673 e. The zero-order valence-electron chi connectivity index (χ0n) is 20.6. The number of hydrogen-bond donors (Lipinski definition) is 0. The molecule has 0 aromatic heterocycles. The van der Waals surface area contributed by atoms with Gasteiger partial charge in [-0.15, -0.1) is 11.1 Å². The summed E-state index contributed by atoms with van der Waals surface area (Å²) in [7, 11) is 0. The van der Waals surface area contributed by atoms with E-state index in [9.17, 15) is 0 Å². The largest absolute Gasteiger partial charge is 4.00 e. The minimum atomic E-state index is -0.250. The molecule has 0 saturated heterocycles. The van der Waals surface area contributed by atoms with Crippen LogP contribution in [0.1, 0.15) is 84.6 Å². The number of hydrogen-bond acceptors (Lipinski definition) is 0. The summed E-state index contributed by atoms with van der Waals surface area (Å²) < 4.78 is 0. The van der Waals surface area contributed by atoms with Gasteiger partial charge in [-0.3, -0.25) is 0 Å². The minimum absolute atomic E-state index is 0. The number of nitrogens with one attached hydrogen (secondary N) is 1. The van der Waals surface area contributed by atoms with E-state index in [4.69, 9.17) is 5.73 Å². The summed E-state index contributed by atoms with van der Waals surface area (Å²) in [6.45, 7) is 19.2. The van der Waals surface area contributed by atoms with E-state index in [0.29, 0.717) is 0 Å². The van der Waals surface area contributed by atoms with Crippen molar-refractivity contribution in [2.24, 2.45) is 0 Å². The number of benzene rings is 2. The molecule has 2 aromatic carbocycles. The first-order valence-corrected chi connectivity index (χ1v) is 9.60. The molecule has 0 bridgehead atoms. The van der Waals surface area contributed by atoms with Crippen LogP contribution in [0.25, 0.3) is 16.9 Å². The Balaban J connectivity index is 0. The third kappa shape index (κ3) is 8.40. The normalized spacial score (nSPS) is 12.2. The molecule has 158 valence electrons. The van der Waals surface area contributed by atoms with Gasteiger partial charge in [0.05, 0.1) is 0 Å². The van der Waals surface area contributed by atoms with E-state index < -0.39 is 0 Å². The van der Waals surface area contributed by atoms with Gasteiger partial charge in [0.2, 0.25) is 0 Å². The second-order valence-corrected chi connectivity index (χ2v) is 10.6. The molecule has 1 aliphatic carbocycles. The summed E-state index contributed by atoms with van der Waals surface area (Å²) in [5, 5.41) is 0. The molecule has 0 atom stereocenters. The standard InChI is InChI=1S/C21H25.C4H10N.2CH3.Ti/c1-20(2,3)16-9-7-14-11-15-8-10-17(21(4,5)6)13-19(15)18(14)12-16;1-4(2,3)5;;;/h7,9-10,12-13H,11H2,1-6H3;5H,1-3H3;2*1H3;/q4*-1;+4. The van der Waals surface area contributed by atoms with Gasteiger partial charge in [0, 0.05) is 0 Å². The van der Waals surface area contributed by atoms with Crippen LogP contribution < -0.4 is 0 Å². The third-order valence-corrected chi connectivity index (χ3v) is 4.53. The molecular formula is C27H41NTi. The average Bonchev–Trinajstić information content (AvgIpc) is 2.80. The first-order valence-electron chi connectivity index (χ1n) is 9.60. The second-order valence-electron chi connectivity index (χ2n) is 10.6. The van der Waals surface area contributed by atoms with Crippen LogP contribution in [0.2, 0.25) is 0 Å². The molecule has 1 N–H and O–H groups in total. The summed E-state index contributed by atoms with van der Waals surface area (Å²) in [4.78, 5) is 0. The monoisotopic (exact) mass is 427 g/mol. The van der Waals surface area contributed by atoms with Crippen LogP contribution in [-0.4, -0.2) is 5.54 Å². The summed E-state index contributed by atoms with van der Waals surface area (Å²) in [5.74, 6) is 0. The van der Waals surface area contributed by atoms with E-state index in [2.05, 4.69) is 77.9 Å². The summed E-state index contributed by atoms with van der Waals surface area (Å²) in [6, 6.07) is 15.1. The topological polar surface area (TPSA) is 23.8 Å². The molecule has 0 aliphatic heterocycles. The third-order valence-electron chi connectivity index (χ3n) is 4.53. The number of rotatable bonds is 0. The van der Waals surface area contributed by atoms with E-state index >= 15 is 0 Å². The summed E-state index contributed by atoms with van der Waals surface area (Å²) in [6.07, 6.45) is 1.03. The molecule has 0 heterocycles. The van der Waals surface area contributed by atoms with Crippen molar-refractivity contribution < 1.29 is 21.7 Å². The van der Waals surface area contributed by atoms with Gasteiger partial charge in [-0.2, -0.15) is 29.3 Å². The maximum Gasteiger partial charge on any atom is 4.00 e. The molecular weight excluding hydrogens is 386 g/mol. The molecule has 0 unspecified atom stereocenters. The molecule has 2 aromatic rings. The quantitative estimate of drug-likeness (QED) is 0.254. The molecule has 0 saturated carbocycles. The maximum atomic E-state index is 6.94. The molecule has 0 radical (unpaired) electrons. The van der Waals surface area contributed by atoms with E-state index in [-0.39, 0.29) is 52.9 Å². The predicted molar refractivity (Wildman–Crippen MR) is 128 cm³/mol. The first kappa shape index (κ1) is 30.3. The van der Waals surface area contributed by atoms with Gasteiger partial charge < -0.3 is 20.6 Å². The molecule has 1 aliphatic rings. The summed E-state index contributed by atoms with van der Waals surface area (Å²) in [5.41, 5.74) is 15.4. The maximum absolute atomic E-state index is 6.94. The Hall–Kier alpha value is -0.886. The van der Waals surface area contributed by atoms with Gasteiger partial charge in [0.15, 0.2) is 0 Å². The molecule has 0 spiro atoms. The molecule has 29 heavy (non-hydrogen) atoms. The fraction of sp³-hybridized carbons (Fsp3) is 0.481. The van der Waals surface area contributed by atoms with Gasteiger partial charge in [-0.25, -0.2) is 0 Å². The van der Waals surface area contributed by atoms with Crippen molar-refractivity contribution in [3.63, 3.8) is 0 Å². The average molecular weight is 427 g/mol. The molecule has 0 amide bonds. The molecule has 1 nitrogen and oxygen atoms in total. The van der Waals surface area contributed by atoms with Gasteiger partial charge in [0.25, 0.3) is 0 Å². The van der Waals surface area contributed by atoms with E-state index in [1.807, 2.05) is 20.8 Å². The van der Waals surface area contributed by atoms with Crippen molar-refractivity contribution in [2.75, 3.05) is 0 Å². The van der Waals surface area contributed by atoms with E-state index in [1.165, 1.54) is 33.4 Å². The Bertz CT molecular complexity index is 716. The Morgan fingerprint density at radius 3 is 1.66 bits per heavy atom. The fourth-order valence-electron chi connectivity index (χ4n) is 2.98. The van der Waals surface area contributed by atoms with Gasteiger partial charge in [0.1, 0.15) is 0 Å². The first-order chi connectivity index (χ1) is 11.7. The fourth-order valence-corrected chi connectivity index (χ4v) is 2.98. The van der Waals surface area contributed by atoms with Crippen LogP contribution in [0, 0.1) is 20.9 Å². The van der Waals surface area contributed by atoms with Crippen LogP contribution in [0.5, 0.6) is 0 Å². The van der Waals surface area contributed by atoms with Crippen molar-refractivity contribution in [3.05, 3.63) is 79.2 Å². The Morgan fingerprint density at radius 2 is 1.21 bits per heavy atom. The second kappa shape index (κ2) is 10.4. The Kier molecular flexibility index (Phi) is 10.9. The van der Waals surface area contributed by atoms with E-state index in [1.54, 1.807) is 0 Å². The minimum Gasteiger partial charge on any atom is -0.673 e. The molecule has 2 heteroatoms. The number of fused-ring (bicyclic) bond motifs is 3. The SMILES string of the molecule is CC(C)(C)[NH-].CC(C)(C)c1c[c-]c2c(c1)-c1cc(C(C)(C)C)ccc1C2.[CH3-].[CH3-].[Ti+4]. The van der Waals surface area contributed by atoms with Crippen LogP contribution >= 0.6 is 0 Å².